The van der Waals surface area contributed by atoms with Gasteiger partial charge in [0.05, 0.1) is 24.9 Å². The van der Waals surface area contributed by atoms with Crippen LogP contribution in [0, 0.1) is 0 Å². The SMILES string of the molecule is Brc1c2c(nn1C1CCCCCC1)COC2. The van der Waals surface area contributed by atoms with Crippen LogP contribution in [0.5, 0.6) is 0 Å². The number of aromatic nitrogens is 2. The highest BCUT2D eigenvalue weighted by Crippen LogP contribution is 2.34. The second kappa shape index (κ2) is 4.49. The van der Waals surface area contributed by atoms with Crippen LogP contribution in [-0.2, 0) is 18.0 Å². The molecule has 0 atom stereocenters. The van der Waals surface area contributed by atoms with E-state index in [2.05, 4.69) is 20.6 Å². The van der Waals surface area contributed by atoms with Crippen molar-refractivity contribution in [3.05, 3.63) is 15.9 Å². The molecule has 1 fully saturated rings. The van der Waals surface area contributed by atoms with Gasteiger partial charge >= 0.3 is 0 Å². The Hall–Kier alpha value is -0.350. The minimum Gasteiger partial charge on any atom is -0.370 e. The molecule has 3 nitrogen and oxygen atoms in total. The number of ether oxygens (including phenoxy) is 1. The molecule has 0 unspecified atom stereocenters. The lowest BCUT2D eigenvalue weighted by molar-refractivity contribution is 0.129. The monoisotopic (exact) mass is 284 g/mol. The molecule has 0 spiro atoms. The number of hydrogen-bond donors (Lipinski definition) is 0. The molecule has 3 rings (SSSR count). The highest BCUT2D eigenvalue weighted by molar-refractivity contribution is 9.10. The van der Waals surface area contributed by atoms with Gasteiger partial charge in [-0.3, -0.25) is 4.68 Å². The molecule has 0 radical (unpaired) electrons. The Morgan fingerprint density at radius 1 is 1.12 bits per heavy atom. The smallest absolute Gasteiger partial charge is 0.110 e. The molecule has 0 bridgehead atoms. The van der Waals surface area contributed by atoms with Gasteiger partial charge in [0.25, 0.3) is 0 Å². The molecule has 0 amide bonds. The molecule has 4 heteroatoms. The summed E-state index contributed by atoms with van der Waals surface area (Å²) in [6.07, 6.45) is 8.02. The standard InChI is InChI=1S/C12H17BrN2O/c13-12-10-7-16-8-11(10)14-15(12)9-5-3-1-2-4-6-9/h9H,1-8H2. The van der Waals surface area contributed by atoms with Crippen molar-refractivity contribution in [2.75, 3.05) is 0 Å². The quantitative estimate of drug-likeness (QED) is 0.737. The van der Waals surface area contributed by atoms with E-state index in [1.165, 1.54) is 44.1 Å². The normalized spacial score (nSPS) is 22.1. The third kappa shape index (κ3) is 1.82. The molecule has 0 N–H and O–H groups in total. The van der Waals surface area contributed by atoms with Gasteiger partial charge in [0.2, 0.25) is 0 Å². The van der Waals surface area contributed by atoms with Crippen LogP contribution in [0.2, 0.25) is 0 Å². The molecule has 0 aromatic carbocycles. The van der Waals surface area contributed by atoms with E-state index in [0.29, 0.717) is 12.6 Å². The van der Waals surface area contributed by atoms with Gasteiger partial charge in [-0.2, -0.15) is 5.10 Å². The van der Waals surface area contributed by atoms with E-state index < -0.39 is 0 Å². The average molecular weight is 285 g/mol. The fourth-order valence-corrected chi connectivity index (χ4v) is 3.46. The van der Waals surface area contributed by atoms with Gasteiger partial charge in [0.1, 0.15) is 4.60 Å². The molecule has 1 aliphatic heterocycles. The minimum atomic E-state index is 0.600. The molecule has 88 valence electrons. The number of fused-ring (bicyclic) bond motifs is 1. The van der Waals surface area contributed by atoms with Crippen molar-refractivity contribution in [2.24, 2.45) is 0 Å². The Balaban J connectivity index is 1.88. The van der Waals surface area contributed by atoms with E-state index in [1.54, 1.807) is 0 Å². The number of halogens is 1. The topological polar surface area (TPSA) is 27.1 Å². The molecule has 16 heavy (non-hydrogen) atoms. The molecule has 1 saturated carbocycles. The van der Waals surface area contributed by atoms with Crippen molar-refractivity contribution < 1.29 is 4.74 Å². The van der Waals surface area contributed by atoms with Crippen LogP contribution in [0.15, 0.2) is 4.60 Å². The zero-order valence-electron chi connectivity index (χ0n) is 9.41. The first-order valence-electron chi connectivity index (χ1n) is 6.20. The highest BCUT2D eigenvalue weighted by Gasteiger charge is 2.25. The van der Waals surface area contributed by atoms with Crippen LogP contribution in [-0.4, -0.2) is 9.78 Å². The van der Waals surface area contributed by atoms with Crippen molar-refractivity contribution in [3.8, 4) is 0 Å². The van der Waals surface area contributed by atoms with Gasteiger partial charge in [0, 0.05) is 5.56 Å². The summed E-state index contributed by atoms with van der Waals surface area (Å²) in [5.74, 6) is 0. The summed E-state index contributed by atoms with van der Waals surface area (Å²) >= 11 is 3.68. The van der Waals surface area contributed by atoms with Crippen LogP contribution < -0.4 is 0 Å². The summed E-state index contributed by atoms with van der Waals surface area (Å²) < 4.78 is 8.76. The largest absolute Gasteiger partial charge is 0.370 e. The van der Waals surface area contributed by atoms with Crippen molar-refractivity contribution in [1.29, 1.82) is 0 Å². The first-order chi connectivity index (χ1) is 7.86. The van der Waals surface area contributed by atoms with Crippen LogP contribution >= 0.6 is 15.9 Å². The van der Waals surface area contributed by atoms with Crippen molar-refractivity contribution in [2.45, 2.75) is 57.8 Å². The third-order valence-electron chi connectivity index (χ3n) is 3.68. The fourth-order valence-electron chi connectivity index (χ4n) is 2.74. The third-order valence-corrected chi connectivity index (χ3v) is 4.52. The van der Waals surface area contributed by atoms with Gasteiger partial charge in [-0.1, -0.05) is 25.7 Å². The van der Waals surface area contributed by atoms with Crippen molar-refractivity contribution in [3.63, 3.8) is 0 Å². The lowest BCUT2D eigenvalue weighted by Gasteiger charge is -2.16. The van der Waals surface area contributed by atoms with Gasteiger partial charge in [-0.25, -0.2) is 0 Å². The summed E-state index contributed by atoms with van der Waals surface area (Å²) in [7, 11) is 0. The summed E-state index contributed by atoms with van der Waals surface area (Å²) in [5, 5.41) is 4.70. The lowest BCUT2D eigenvalue weighted by atomic mass is 10.1. The maximum Gasteiger partial charge on any atom is 0.110 e. The zero-order valence-corrected chi connectivity index (χ0v) is 11.0. The van der Waals surface area contributed by atoms with Crippen molar-refractivity contribution >= 4 is 15.9 Å². The molecule has 1 aromatic heterocycles. The van der Waals surface area contributed by atoms with E-state index in [9.17, 15) is 0 Å². The number of hydrogen-bond acceptors (Lipinski definition) is 2. The molecular weight excluding hydrogens is 268 g/mol. The van der Waals surface area contributed by atoms with Crippen LogP contribution in [0.3, 0.4) is 0 Å². The van der Waals surface area contributed by atoms with E-state index in [0.717, 1.165) is 16.9 Å². The van der Waals surface area contributed by atoms with E-state index in [4.69, 9.17) is 9.84 Å². The van der Waals surface area contributed by atoms with Crippen LogP contribution in [0.25, 0.3) is 0 Å². The van der Waals surface area contributed by atoms with E-state index in [-0.39, 0.29) is 0 Å². The Bertz CT molecular complexity index is 381. The summed E-state index contributed by atoms with van der Waals surface area (Å²) in [5.41, 5.74) is 2.40. The predicted octanol–water partition coefficient (Wildman–Crippen LogP) is 3.57. The number of nitrogens with zero attached hydrogens (tertiary/aromatic N) is 2. The summed E-state index contributed by atoms with van der Waals surface area (Å²) in [6.45, 7) is 1.41. The maximum atomic E-state index is 5.40. The summed E-state index contributed by atoms with van der Waals surface area (Å²) in [4.78, 5) is 0. The Labute approximate surface area is 104 Å². The van der Waals surface area contributed by atoms with Crippen LogP contribution in [0.1, 0.15) is 55.8 Å². The molecular formula is C12H17BrN2O. The summed E-state index contributed by atoms with van der Waals surface area (Å²) in [6, 6.07) is 0.600. The molecule has 1 aromatic rings. The second-order valence-corrected chi connectivity index (χ2v) is 5.55. The molecule has 0 saturated heterocycles. The molecule has 1 aliphatic carbocycles. The maximum absolute atomic E-state index is 5.40. The second-order valence-electron chi connectivity index (χ2n) is 4.80. The predicted molar refractivity (Wildman–Crippen MR) is 65.2 cm³/mol. The molecule has 2 heterocycles. The zero-order chi connectivity index (χ0) is 11.0. The van der Waals surface area contributed by atoms with Gasteiger partial charge in [-0.15, -0.1) is 0 Å². The first kappa shape index (κ1) is 10.8. The Morgan fingerprint density at radius 2 is 1.88 bits per heavy atom. The number of rotatable bonds is 1. The highest BCUT2D eigenvalue weighted by atomic mass is 79.9. The van der Waals surface area contributed by atoms with Gasteiger partial charge in [-0.05, 0) is 28.8 Å². The minimum absolute atomic E-state index is 0.600. The first-order valence-corrected chi connectivity index (χ1v) is 6.99. The van der Waals surface area contributed by atoms with Gasteiger partial charge in [0.15, 0.2) is 0 Å². The Morgan fingerprint density at radius 3 is 2.56 bits per heavy atom. The van der Waals surface area contributed by atoms with E-state index in [1.807, 2.05) is 0 Å². The average Bonchev–Trinajstić information content (AvgIpc) is 2.74. The molecule has 2 aliphatic rings. The van der Waals surface area contributed by atoms with Crippen molar-refractivity contribution in [1.82, 2.24) is 9.78 Å². The van der Waals surface area contributed by atoms with Gasteiger partial charge < -0.3 is 4.74 Å². The Kier molecular flexibility index (Phi) is 3.03. The van der Waals surface area contributed by atoms with Crippen LogP contribution in [0.4, 0.5) is 0 Å². The fraction of sp³-hybridized carbons (Fsp3) is 0.750. The van der Waals surface area contributed by atoms with E-state index >= 15 is 0 Å². The lowest BCUT2D eigenvalue weighted by Crippen LogP contribution is -2.11.